The Morgan fingerprint density at radius 2 is 1.73 bits per heavy atom. The van der Waals surface area contributed by atoms with Crippen LogP contribution >= 0.6 is 11.8 Å². The summed E-state index contributed by atoms with van der Waals surface area (Å²) in [6, 6.07) is 22.3. The van der Waals surface area contributed by atoms with Crippen molar-refractivity contribution in [2.24, 2.45) is 0 Å². The van der Waals surface area contributed by atoms with E-state index in [1.165, 1.54) is 0 Å². The lowest BCUT2D eigenvalue weighted by molar-refractivity contribution is -0.384. The van der Waals surface area contributed by atoms with Crippen LogP contribution in [-0.4, -0.2) is 31.3 Å². The molecule has 10 heteroatoms. The minimum Gasteiger partial charge on any atom is -0.323 e. The van der Waals surface area contributed by atoms with Crippen molar-refractivity contribution in [1.29, 1.82) is 0 Å². The number of non-ortho nitro benzene ring substituents is 1. The van der Waals surface area contributed by atoms with E-state index in [9.17, 15) is 19.3 Å². The van der Waals surface area contributed by atoms with Crippen LogP contribution in [-0.2, 0) is 11.2 Å². The number of nitrogens with zero attached hydrogens (tertiary/aromatic N) is 4. The smallest absolute Gasteiger partial charge is 0.271 e. The molecule has 33 heavy (non-hydrogen) atoms. The Morgan fingerprint density at radius 1 is 1.03 bits per heavy atom. The molecule has 0 radical (unpaired) electrons. The summed E-state index contributed by atoms with van der Waals surface area (Å²) in [5.74, 6) is -0.651. The summed E-state index contributed by atoms with van der Waals surface area (Å²) < 4.78 is 15.9. The minimum atomic E-state index is -0.753. The van der Waals surface area contributed by atoms with Gasteiger partial charge in [-0.05, 0) is 23.8 Å². The van der Waals surface area contributed by atoms with Gasteiger partial charge in [0.2, 0.25) is 5.91 Å². The molecule has 0 bridgehead atoms. The van der Waals surface area contributed by atoms with E-state index in [4.69, 9.17) is 0 Å². The molecule has 1 heterocycles. The number of aromatic nitrogens is 3. The summed E-state index contributed by atoms with van der Waals surface area (Å²) in [6.07, 6.45) is 0.550. The van der Waals surface area contributed by atoms with Crippen molar-refractivity contribution in [2.45, 2.75) is 11.6 Å². The summed E-state index contributed by atoms with van der Waals surface area (Å²) in [4.78, 5) is 22.7. The molecular formula is C23H18FN5O3S. The van der Waals surface area contributed by atoms with Crippen molar-refractivity contribution in [3.63, 3.8) is 0 Å². The number of hydrogen-bond donors (Lipinski definition) is 1. The number of carbonyl (C=O) groups is 1. The van der Waals surface area contributed by atoms with Gasteiger partial charge in [-0.3, -0.25) is 19.5 Å². The standard InChI is InChI=1S/C23H18FN5O3S/c24-19-12-11-18(29(31)32)14-20(19)25-22(30)15-33-23-27-26-21(13-16-7-3-1-4-8-16)28(23)17-9-5-2-6-10-17/h1-12,14H,13,15H2,(H,25,30). The van der Waals surface area contributed by atoms with Gasteiger partial charge in [-0.1, -0.05) is 60.3 Å². The lowest BCUT2D eigenvalue weighted by Gasteiger charge is -2.10. The van der Waals surface area contributed by atoms with E-state index in [1.807, 2.05) is 65.2 Å². The van der Waals surface area contributed by atoms with Gasteiger partial charge in [-0.2, -0.15) is 0 Å². The molecule has 0 unspecified atom stereocenters. The molecule has 8 nitrogen and oxygen atoms in total. The van der Waals surface area contributed by atoms with Gasteiger partial charge in [0, 0.05) is 24.2 Å². The van der Waals surface area contributed by atoms with Crippen LogP contribution in [0.25, 0.3) is 5.69 Å². The van der Waals surface area contributed by atoms with Gasteiger partial charge in [0.05, 0.1) is 16.4 Å². The van der Waals surface area contributed by atoms with Gasteiger partial charge in [0.15, 0.2) is 5.16 Å². The second-order valence-corrected chi connectivity index (χ2v) is 7.93. The van der Waals surface area contributed by atoms with Gasteiger partial charge in [0.1, 0.15) is 11.6 Å². The molecule has 1 amide bonds. The maximum atomic E-state index is 14.0. The predicted molar refractivity (Wildman–Crippen MR) is 123 cm³/mol. The molecule has 0 fully saturated rings. The van der Waals surface area contributed by atoms with Gasteiger partial charge in [0.25, 0.3) is 5.69 Å². The van der Waals surface area contributed by atoms with Crippen molar-refractivity contribution >= 4 is 29.0 Å². The van der Waals surface area contributed by atoms with E-state index in [1.54, 1.807) is 0 Å². The number of halogens is 1. The molecule has 4 rings (SSSR count). The number of thioether (sulfide) groups is 1. The largest absolute Gasteiger partial charge is 0.323 e. The fourth-order valence-corrected chi connectivity index (χ4v) is 3.93. The molecule has 1 N–H and O–H groups in total. The highest BCUT2D eigenvalue weighted by molar-refractivity contribution is 7.99. The average Bonchev–Trinajstić information content (AvgIpc) is 3.22. The summed E-state index contributed by atoms with van der Waals surface area (Å²) >= 11 is 1.14. The van der Waals surface area contributed by atoms with Crippen molar-refractivity contribution in [3.8, 4) is 5.69 Å². The van der Waals surface area contributed by atoms with Gasteiger partial charge < -0.3 is 5.32 Å². The number of benzene rings is 3. The number of amides is 1. The van der Waals surface area contributed by atoms with Gasteiger partial charge in [-0.15, -0.1) is 10.2 Å². The molecule has 0 saturated heterocycles. The first-order chi connectivity index (χ1) is 16.0. The van der Waals surface area contributed by atoms with Crippen LogP contribution in [0, 0.1) is 15.9 Å². The molecule has 166 valence electrons. The van der Waals surface area contributed by atoms with Crippen molar-refractivity contribution in [2.75, 3.05) is 11.1 Å². The Bertz CT molecular complexity index is 1280. The SMILES string of the molecule is O=C(CSc1nnc(Cc2ccccc2)n1-c1ccccc1)Nc1cc([N+](=O)[O-])ccc1F. The first-order valence-corrected chi connectivity index (χ1v) is 10.9. The normalized spacial score (nSPS) is 10.7. The Balaban J connectivity index is 1.53. The zero-order valence-corrected chi connectivity index (χ0v) is 18.0. The van der Waals surface area contributed by atoms with Crippen LogP contribution in [0.4, 0.5) is 15.8 Å². The van der Waals surface area contributed by atoms with Gasteiger partial charge >= 0.3 is 0 Å². The Labute approximate surface area is 192 Å². The highest BCUT2D eigenvalue weighted by Gasteiger charge is 2.18. The fourth-order valence-electron chi connectivity index (χ4n) is 3.16. The maximum Gasteiger partial charge on any atom is 0.271 e. The number of nitro groups is 1. The number of hydrogen-bond acceptors (Lipinski definition) is 6. The van der Waals surface area contributed by atoms with Gasteiger partial charge in [-0.25, -0.2) is 4.39 Å². The van der Waals surface area contributed by atoms with Crippen LogP contribution < -0.4 is 5.32 Å². The summed E-state index contributed by atoms with van der Waals surface area (Å²) in [5.41, 5.74) is 1.36. The van der Waals surface area contributed by atoms with Crippen LogP contribution in [0.1, 0.15) is 11.4 Å². The first-order valence-electron chi connectivity index (χ1n) is 9.91. The van der Waals surface area contributed by atoms with Crippen LogP contribution in [0.2, 0.25) is 0 Å². The van der Waals surface area contributed by atoms with E-state index in [-0.39, 0.29) is 17.1 Å². The molecule has 1 aromatic heterocycles. The summed E-state index contributed by atoms with van der Waals surface area (Å²) in [6.45, 7) is 0. The Hall–Kier alpha value is -4.05. The minimum absolute atomic E-state index is 0.0849. The first kappa shape index (κ1) is 22.2. The van der Waals surface area contributed by atoms with E-state index in [0.29, 0.717) is 17.4 Å². The quantitative estimate of drug-likeness (QED) is 0.232. The monoisotopic (exact) mass is 463 g/mol. The Kier molecular flexibility index (Phi) is 6.75. The lowest BCUT2D eigenvalue weighted by atomic mass is 10.1. The van der Waals surface area contributed by atoms with E-state index < -0.39 is 16.6 Å². The molecule has 0 aliphatic rings. The molecule has 3 aromatic carbocycles. The third kappa shape index (κ3) is 5.42. The average molecular weight is 463 g/mol. The maximum absolute atomic E-state index is 14.0. The van der Waals surface area contributed by atoms with E-state index in [0.717, 1.165) is 41.2 Å². The third-order valence-electron chi connectivity index (χ3n) is 4.69. The highest BCUT2D eigenvalue weighted by Crippen LogP contribution is 2.25. The molecule has 0 aliphatic carbocycles. The summed E-state index contributed by atoms with van der Waals surface area (Å²) in [5, 5.41) is 22.4. The molecule has 0 atom stereocenters. The lowest BCUT2D eigenvalue weighted by Crippen LogP contribution is -2.16. The zero-order chi connectivity index (χ0) is 23.2. The molecule has 0 aliphatic heterocycles. The molecule has 0 spiro atoms. The highest BCUT2D eigenvalue weighted by atomic mass is 32.2. The zero-order valence-electron chi connectivity index (χ0n) is 17.2. The number of anilines is 1. The fraction of sp³-hybridized carbons (Fsp3) is 0.0870. The predicted octanol–water partition coefficient (Wildman–Crippen LogP) is 4.64. The number of nitro benzene ring substituents is 1. The second-order valence-electron chi connectivity index (χ2n) is 6.99. The van der Waals surface area contributed by atoms with Crippen molar-refractivity contribution in [3.05, 3.63) is 106 Å². The van der Waals surface area contributed by atoms with Crippen LogP contribution in [0.3, 0.4) is 0 Å². The molecule has 0 saturated carbocycles. The molecule has 4 aromatic rings. The third-order valence-corrected chi connectivity index (χ3v) is 5.62. The number of para-hydroxylation sites is 1. The number of carbonyl (C=O) groups excluding carboxylic acids is 1. The Morgan fingerprint density at radius 3 is 2.42 bits per heavy atom. The van der Waals surface area contributed by atoms with E-state index >= 15 is 0 Å². The van der Waals surface area contributed by atoms with Crippen molar-refractivity contribution < 1.29 is 14.1 Å². The van der Waals surface area contributed by atoms with E-state index in [2.05, 4.69) is 15.5 Å². The van der Waals surface area contributed by atoms with Crippen LogP contribution in [0.15, 0.2) is 84.0 Å². The summed E-state index contributed by atoms with van der Waals surface area (Å²) in [7, 11) is 0. The number of nitrogens with one attached hydrogen (secondary N) is 1. The van der Waals surface area contributed by atoms with Crippen molar-refractivity contribution in [1.82, 2.24) is 14.8 Å². The topological polar surface area (TPSA) is 103 Å². The second kappa shape index (κ2) is 10.0. The molecular weight excluding hydrogens is 445 g/mol. The van der Waals surface area contributed by atoms with Crippen LogP contribution in [0.5, 0.6) is 0 Å². The number of rotatable bonds is 8.